The van der Waals surface area contributed by atoms with Gasteiger partial charge in [0.1, 0.15) is 5.82 Å². The number of hydrogen-bond donors (Lipinski definition) is 1. The van der Waals surface area contributed by atoms with Crippen LogP contribution < -0.4 is 5.32 Å². The van der Waals surface area contributed by atoms with Crippen LogP contribution in [0.25, 0.3) is 0 Å². The lowest BCUT2D eigenvalue weighted by atomic mass is 10.3. The van der Waals surface area contributed by atoms with Gasteiger partial charge in [0.25, 0.3) is 0 Å². The van der Waals surface area contributed by atoms with E-state index in [0.29, 0.717) is 0 Å². The highest BCUT2D eigenvalue weighted by Gasteiger charge is 2.04. The third kappa shape index (κ3) is 3.07. The number of nitrogens with zero attached hydrogens (tertiary/aromatic N) is 1. The molecule has 0 saturated carbocycles. The van der Waals surface area contributed by atoms with E-state index in [1.165, 1.54) is 15.3 Å². The van der Waals surface area contributed by atoms with Crippen LogP contribution in [0, 0.1) is 6.92 Å². The van der Waals surface area contributed by atoms with Crippen molar-refractivity contribution in [1.82, 2.24) is 4.98 Å². The number of hydrogen-bond acceptors (Lipinski definition) is 3. The van der Waals surface area contributed by atoms with Gasteiger partial charge in [-0.05, 0) is 53.0 Å². The molecule has 90 valence electrons. The second-order valence-electron chi connectivity index (χ2n) is 3.87. The SMILES string of the molecule is CCc1ccc(CNc2nccc(C)c2Br)s1. The van der Waals surface area contributed by atoms with Gasteiger partial charge in [-0.3, -0.25) is 0 Å². The summed E-state index contributed by atoms with van der Waals surface area (Å²) in [6, 6.07) is 6.37. The van der Waals surface area contributed by atoms with Crippen LogP contribution in [0.5, 0.6) is 0 Å². The first kappa shape index (κ1) is 12.6. The Morgan fingerprint density at radius 1 is 1.29 bits per heavy atom. The lowest BCUT2D eigenvalue weighted by molar-refractivity contribution is 1.12. The number of halogens is 1. The summed E-state index contributed by atoms with van der Waals surface area (Å²) in [7, 11) is 0. The van der Waals surface area contributed by atoms with E-state index in [1.54, 1.807) is 0 Å². The lowest BCUT2D eigenvalue weighted by Gasteiger charge is -2.07. The molecule has 2 rings (SSSR count). The molecule has 0 bridgehead atoms. The standard InChI is InChI=1S/C13H15BrN2S/c1-3-10-4-5-11(17-10)8-16-13-12(14)9(2)6-7-15-13/h4-7H,3,8H2,1-2H3,(H,15,16). The smallest absolute Gasteiger partial charge is 0.140 e. The predicted octanol–water partition coefficient (Wildman–Crippen LogP) is 4.39. The average Bonchev–Trinajstić information content (AvgIpc) is 2.79. The van der Waals surface area contributed by atoms with Gasteiger partial charge in [-0.25, -0.2) is 4.98 Å². The van der Waals surface area contributed by atoms with Crippen LogP contribution >= 0.6 is 27.3 Å². The molecule has 0 aromatic carbocycles. The molecule has 0 aliphatic heterocycles. The summed E-state index contributed by atoms with van der Waals surface area (Å²) < 4.78 is 1.05. The van der Waals surface area contributed by atoms with Crippen molar-refractivity contribution in [3.05, 3.63) is 44.2 Å². The number of anilines is 1. The molecule has 0 unspecified atom stereocenters. The van der Waals surface area contributed by atoms with Gasteiger partial charge in [0, 0.05) is 16.0 Å². The molecule has 0 saturated heterocycles. The molecule has 0 aliphatic carbocycles. The Balaban J connectivity index is 2.04. The zero-order valence-electron chi connectivity index (χ0n) is 9.96. The van der Waals surface area contributed by atoms with Crippen molar-refractivity contribution in [3.63, 3.8) is 0 Å². The summed E-state index contributed by atoms with van der Waals surface area (Å²) in [5.41, 5.74) is 1.20. The van der Waals surface area contributed by atoms with Crippen LogP contribution in [0.2, 0.25) is 0 Å². The largest absolute Gasteiger partial charge is 0.364 e. The third-order valence-electron chi connectivity index (χ3n) is 2.58. The van der Waals surface area contributed by atoms with Crippen LogP contribution in [-0.4, -0.2) is 4.98 Å². The Bertz CT molecular complexity index is 508. The fraction of sp³-hybridized carbons (Fsp3) is 0.308. The van der Waals surface area contributed by atoms with Gasteiger partial charge in [-0.1, -0.05) is 6.92 Å². The van der Waals surface area contributed by atoms with E-state index in [2.05, 4.69) is 52.2 Å². The van der Waals surface area contributed by atoms with E-state index in [4.69, 9.17) is 0 Å². The topological polar surface area (TPSA) is 24.9 Å². The van der Waals surface area contributed by atoms with Crippen molar-refractivity contribution >= 4 is 33.1 Å². The Morgan fingerprint density at radius 2 is 2.06 bits per heavy atom. The summed E-state index contributed by atoms with van der Waals surface area (Å²) in [6.45, 7) is 5.08. The van der Waals surface area contributed by atoms with Crippen LogP contribution in [0.3, 0.4) is 0 Å². The summed E-state index contributed by atoms with van der Waals surface area (Å²) >= 11 is 5.41. The highest BCUT2D eigenvalue weighted by atomic mass is 79.9. The Labute approximate surface area is 114 Å². The van der Waals surface area contributed by atoms with Gasteiger partial charge >= 0.3 is 0 Å². The van der Waals surface area contributed by atoms with Crippen LogP contribution in [0.1, 0.15) is 22.2 Å². The Hall–Kier alpha value is -0.870. The van der Waals surface area contributed by atoms with E-state index >= 15 is 0 Å². The first-order valence-corrected chi connectivity index (χ1v) is 7.24. The van der Waals surface area contributed by atoms with E-state index < -0.39 is 0 Å². The van der Waals surface area contributed by atoms with Crippen molar-refractivity contribution in [1.29, 1.82) is 0 Å². The van der Waals surface area contributed by atoms with E-state index in [0.717, 1.165) is 23.3 Å². The Morgan fingerprint density at radius 3 is 2.76 bits per heavy atom. The number of aryl methyl sites for hydroxylation is 2. The molecule has 0 atom stereocenters. The fourth-order valence-electron chi connectivity index (χ4n) is 1.54. The molecule has 0 amide bonds. The molecule has 17 heavy (non-hydrogen) atoms. The van der Waals surface area contributed by atoms with E-state index in [1.807, 2.05) is 23.6 Å². The summed E-state index contributed by atoms with van der Waals surface area (Å²) in [6.07, 6.45) is 2.94. The molecule has 0 spiro atoms. The Kier molecular flexibility index (Phi) is 4.18. The van der Waals surface area contributed by atoms with Crippen molar-refractivity contribution in [2.45, 2.75) is 26.8 Å². The molecule has 1 N–H and O–H groups in total. The quantitative estimate of drug-likeness (QED) is 0.906. The molecule has 0 radical (unpaired) electrons. The number of thiophene rings is 1. The van der Waals surface area contributed by atoms with Crippen LogP contribution in [-0.2, 0) is 13.0 Å². The van der Waals surface area contributed by atoms with Gasteiger partial charge in [-0.2, -0.15) is 0 Å². The minimum absolute atomic E-state index is 0.833. The number of pyridine rings is 1. The van der Waals surface area contributed by atoms with Crippen molar-refractivity contribution in [2.24, 2.45) is 0 Å². The molecule has 4 heteroatoms. The van der Waals surface area contributed by atoms with Crippen molar-refractivity contribution in [2.75, 3.05) is 5.32 Å². The molecule has 2 aromatic heterocycles. The van der Waals surface area contributed by atoms with Crippen molar-refractivity contribution in [3.8, 4) is 0 Å². The zero-order valence-corrected chi connectivity index (χ0v) is 12.4. The third-order valence-corrected chi connectivity index (χ3v) is 4.81. The van der Waals surface area contributed by atoms with E-state index in [9.17, 15) is 0 Å². The summed E-state index contributed by atoms with van der Waals surface area (Å²) in [4.78, 5) is 7.10. The van der Waals surface area contributed by atoms with Gasteiger partial charge in [-0.15, -0.1) is 11.3 Å². The predicted molar refractivity (Wildman–Crippen MR) is 77.7 cm³/mol. The van der Waals surface area contributed by atoms with Gasteiger partial charge in [0.2, 0.25) is 0 Å². The number of aromatic nitrogens is 1. The maximum atomic E-state index is 4.33. The minimum Gasteiger partial charge on any atom is -0.364 e. The molecule has 2 aromatic rings. The molecule has 2 heterocycles. The molecule has 2 nitrogen and oxygen atoms in total. The van der Waals surface area contributed by atoms with Crippen molar-refractivity contribution < 1.29 is 0 Å². The molecule has 0 fully saturated rings. The average molecular weight is 311 g/mol. The highest BCUT2D eigenvalue weighted by molar-refractivity contribution is 9.10. The molecular weight excluding hydrogens is 296 g/mol. The fourth-order valence-corrected chi connectivity index (χ4v) is 2.81. The minimum atomic E-state index is 0.833. The van der Waals surface area contributed by atoms with Crippen LogP contribution in [0.15, 0.2) is 28.9 Å². The summed E-state index contributed by atoms with van der Waals surface area (Å²) in [5, 5.41) is 3.36. The van der Waals surface area contributed by atoms with E-state index in [-0.39, 0.29) is 0 Å². The van der Waals surface area contributed by atoms with Gasteiger partial charge < -0.3 is 5.32 Å². The normalized spacial score (nSPS) is 10.5. The first-order valence-electron chi connectivity index (χ1n) is 5.63. The first-order chi connectivity index (χ1) is 8.20. The van der Waals surface area contributed by atoms with Gasteiger partial charge in [0.15, 0.2) is 0 Å². The molecule has 0 aliphatic rings. The number of nitrogens with one attached hydrogen (secondary N) is 1. The lowest BCUT2D eigenvalue weighted by Crippen LogP contribution is -2.01. The second kappa shape index (κ2) is 5.65. The van der Waals surface area contributed by atoms with Gasteiger partial charge in [0.05, 0.1) is 11.0 Å². The molecular formula is C13H15BrN2S. The second-order valence-corrected chi connectivity index (χ2v) is 5.91. The van der Waals surface area contributed by atoms with Crippen LogP contribution in [0.4, 0.5) is 5.82 Å². The highest BCUT2D eigenvalue weighted by Crippen LogP contribution is 2.24. The monoisotopic (exact) mass is 310 g/mol. The summed E-state index contributed by atoms with van der Waals surface area (Å²) in [5.74, 6) is 0.913. The maximum Gasteiger partial charge on any atom is 0.140 e. The maximum absolute atomic E-state index is 4.33. The number of rotatable bonds is 4. The zero-order chi connectivity index (χ0) is 12.3.